The molecule has 0 atom stereocenters. The minimum Gasteiger partial charge on any atom is -0.307 e. The van der Waals surface area contributed by atoms with E-state index in [-0.39, 0.29) is 17.4 Å². The van der Waals surface area contributed by atoms with Crippen LogP contribution in [0.15, 0.2) is 83.8 Å². The average molecular weight is 393 g/mol. The number of Topliss-reactive ketones (excluding diaryl/α,β-unsaturated/α-hetero) is 1. The van der Waals surface area contributed by atoms with Gasteiger partial charge in [0.25, 0.3) is 0 Å². The molecule has 1 amide bonds. The maximum Gasteiger partial charge on any atom is 0.237 e. The van der Waals surface area contributed by atoms with E-state index in [1.54, 1.807) is 17.0 Å². The van der Waals surface area contributed by atoms with Crippen molar-refractivity contribution in [3.63, 3.8) is 0 Å². The van der Waals surface area contributed by atoms with Crippen molar-refractivity contribution < 1.29 is 14.0 Å². The fourth-order valence-corrected chi connectivity index (χ4v) is 3.55. The third-order valence-corrected chi connectivity index (χ3v) is 5.28. The van der Waals surface area contributed by atoms with E-state index in [4.69, 9.17) is 0 Å². The number of rotatable bonds is 7. The third-order valence-electron chi connectivity index (χ3n) is 4.24. The van der Waals surface area contributed by atoms with Crippen molar-refractivity contribution in [1.82, 2.24) is 0 Å². The molecule has 0 spiro atoms. The van der Waals surface area contributed by atoms with E-state index in [0.717, 1.165) is 23.0 Å². The lowest BCUT2D eigenvalue weighted by Gasteiger charge is -2.23. The second-order valence-electron chi connectivity index (χ2n) is 6.29. The van der Waals surface area contributed by atoms with Crippen LogP contribution < -0.4 is 4.90 Å². The SMILES string of the molecule is CC(=O)c1ccc(SCC(=O)N(Cc2ccccc2)c2ccccc2)c(F)c1. The molecule has 0 saturated carbocycles. The summed E-state index contributed by atoms with van der Waals surface area (Å²) in [7, 11) is 0. The molecule has 142 valence electrons. The van der Waals surface area contributed by atoms with E-state index in [2.05, 4.69) is 0 Å². The van der Waals surface area contributed by atoms with Crippen LogP contribution in [0.4, 0.5) is 10.1 Å². The number of benzene rings is 3. The molecule has 0 saturated heterocycles. The van der Waals surface area contributed by atoms with E-state index in [1.165, 1.54) is 13.0 Å². The summed E-state index contributed by atoms with van der Waals surface area (Å²) >= 11 is 1.13. The second-order valence-corrected chi connectivity index (χ2v) is 7.31. The molecule has 5 heteroatoms. The normalized spacial score (nSPS) is 10.5. The summed E-state index contributed by atoms with van der Waals surface area (Å²) in [6.45, 7) is 1.84. The number of thioether (sulfide) groups is 1. The molecule has 0 unspecified atom stereocenters. The largest absolute Gasteiger partial charge is 0.307 e. The number of carbonyl (C=O) groups excluding carboxylic acids is 2. The van der Waals surface area contributed by atoms with E-state index >= 15 is 0 Å². The highest BCUT2D eigenvalue weighted by Gasteiger charge is 2.17. The van der Waals surface area contributed by atoms with Crippen LogP contribution in [-0.4, -0.2) is 17.4 Å². The molecule has 3 nitrogen and oxygen atoms in total. The number of anilines is 1. The minimum atomic E-state index is -0.486. The number of para-hydroxylation sites is 1. The van der Waals surface area contributed by atoms with Crippen molar-refractivity contribution in [3.05, 3.63) is 95.8 Å². The number of carbonyl (C=O) groups is 2. The molecule has 3 aromatic carbocycles. The van der Waals surface area contributed by atoms with Crippen LogP contribution in [0.5, 0.6) is 0 Å². The summed E-state index contributed by atoms with van der Waals surface area (Å²) < 4.78 is 14.2. The lowest BCUT2D eigenvalue weighted by molar-refractivity contribution is -0.116. The fraction of sp³-hybridized carbons (Fsp3) is 0.130. The van der Waals surface area contributed by atoms with E-state index in [0.29, 0.717) is 17.0 Å². The fourth-order valence-electron chi connectivity index (χ4n) is 2.75. The van der Waals surface area contributed by atoms with Gasteiger partial charge in [-0.05, 0) is 36.8 Å². The van der Waals surface area contributed by atoms with E-state index < -0.39 is 5.82 Å². The van der Waals surface area contributed by atoms with Crippen molar-refractivity contribution in [1.29, 1.82) is 0 Å². The topological polar surface area (TPSA) is 37.4 Å². The number of hydrogen-bond donors (Lipinski definition) is 0. The highest BCUT2D eigenvalue weighted by molar-refractivity contribution is 8.00. The monoisotopic (exact) mass is 393 g/mol. The van der Waals surface area contributed by atoms with Crippen LogP contribution >= 0.6 is 11.8 Å². The first kappa shape index (κ1) is 19.8. The van der Waals surface area contributed by atoms with Gasteiger partial charge in [0.2, 0.25) is 5.91 Å². The summed E-state index contributed by atoms with van der Waals surface area (Å²) in [5.74, 6) is -0.697. The Labute approximate surface area is 168 Å². The van der Waals surface area contributed by atoms with Gasteiger partial charge in [0.1, 0.15) is 5.82 Å². The molecule has 0 fully saturated rings. The Kier molecular flexibility index (Phi) is 6.61. The molecule has 0 N–H and O–H groups in total. The van der Waals surface area contributed by atoms with Crippen molar-refractivity contribution >= 4 is 29.1 Å². The third kappa shape index (κ3) is 5.08. The predicted octanol–water partition coefficient (Wildman–Crippen LogP) is 5.35. The Hall–Kier alpha value is -2.92. The molecule has 3 aromatic rings. The summed E-state index contributed by atoms with van der Waals surface area (Å²) in [6, 6.07) is 23.5. The number of nitrogens with zero attached hydrogens (tertiary/aromatic N) is 1. The standard InChI is InChI=1S/C23H20FNO2S/c1-17(26)19-12-13-22(21(24)14-19)28-16-23(27)25(20-10-6-3-7-11-20)15-18-8-4-2-5-9-18/h2-14H,15-16H2,1H3. The van der Waals surface area contributed by atoms with E-state index in [9.17, 15) is 14.0 Å². The Morgan fingerprint density at radius 1 is 0.929 bits per heavy atom. The Morgan fingerprint density at radius 2 is 1.57 bits per heavy atom. The quantitative estimate of drug-likeness (QED) is 0.401. The summed E-state index contributed by atoms with van der Waals surface area (Å²) in [4.78, 5) is 26.3. The van der Waals surface area contributed by atoms with Gasteiger partial charge in [0.05, 0.1) is 12.3 Å². The van der Waals surface area contributed by atoms with Crippen LogP contribution in [0.2, 0.25) is 0 Å². The maximum atomic E-state index is 14.2. The molecule has 0 aliphatic carbocycles. The van der Waals surface area contributed by atoms with Crippen LogP contribution in [0, 0.1) is 5.82 Å². The molecule has 0 bridgehead atoms. The minimum absolute atomic E-state index is 0.0953. The number of ketones is 1. The first-order valence-electron chi connectivity index (χ1n) is 8.87. The lowest BCUT2D eigenvalue weighted by atomic mass is 10.1. The van der Waals surface area contributed by atoms with Crippen molar-refractivity contribution in [2.24, 2.45) is 0 Å². The Balaban J connectivity index is 1.75. The Morgan fingerprint density at radius 3 is 2.18 bits per heavy atom. The molecule has 0 aromatic heterocycles. The number of hydrogen-bond acceptors (Lipinski definition) is 3. The van der Waals surface area contributed by atoms with Crippen molar-refractivity contribution in [2.75, 3.05) is 10.7 Å². The highest BCUT2D eigenvalue weighted by atomic mass is 32.2. The van der Waals surface area contributed by atoms with Crippen molar-refractivity contribution in [3.8, 4) is 0 Å². The van der Waals surface area contributed by atoms with Gasteiger partial charge < -0.3 is 4.90 Å². The zero-order chi connectivity index (χ0) is 19.9. The molecule has 3 rings (SSSR count). The van der Waals surface area contributed by atoms with Gasteiger partial charge in [-0.15, -0.1) is 11.8 Å². The van der Waals surface area contributed by atoms with Crippen LogP contribution in [-0.2, 0) is 11.3 Å². The summed E-state index contributed by atoms with van der Waals surface area (Å²) in [6.07, 6.45) is 0. The smallest absolute Gasteiger partial charge is 0.237 e. The highest BCUT2D eigenvalue weighted by Crippen LogP contribution is 2.25. The molecule has 28 heavy (non-hydrogen) atoms. The van der Waals surface area contributed by atoms with Crippen LogP contribution in [0.25, 0.3) is 0 Å². The van der Waals surface area contributed by atoms with Gasteiger partial charge in [-0.2, -0.15) is 0 Å². The number of amides is 1. The van der Waals surface area contributed by atoms with Crippen molar-refractivity contribution in [2.45, 2.75) is 18.4 Å². The van der Waals surface area contributed by atoms with Gasteiger partial charge in [-0.1, -0.05) is 54.6 Å². The molecule has 0 radical (unpaired) electrons. The van der Waals surface area contributed by atoms with Gasteiger partial charge in [-0.3, -0.25) is 9.59 Å². The number of halogens is 1. The predicted molar refractivity (Wildman–Crippen MR) is 111 cm³/mol. The molecular formula is C23H20FNO2S. The van der Waals surface area contributed by atoms with Gasteiger partial charge >= 0.3 is 0 Å². The zero-order valence-electron chi connectivity index (χ0n) is 15.5. The molecular weight excluding hydrogens is 373 g/mol. The van der Waals surface area contributed by atoms with Gasteiger partial charge in [-0.25, -0.2) is 4.39 Å². The first-order chi connectivity index (χ1) is 13.5. The zero-order valence-corrected chi connectivity index (χ0v) is 16.3. The molecule has 0 heterocycles. The summed E-state index contributed by atoms with van der Waals surface area (Å²) in [5.41, 5.74) is 2.13. The lowest BCUT2D eigenvalue weighted by Crippen LogP contribution is -2.31. The molecule has 0 aliphatic heterocycles. The Bertz CT molecular complexity index is 961. The van der Waals surface area contributed by atoms with Crippen LogP contribution in [0.3, 0.4) is 0 Å². The van der Waals surface area contributed by atoms with Gasteiger partial charge in [0, 0.05) is 16.1 Å². The maximum absolute atomic E-state index is 14.2. The van der Waals surface area contributed by atoms with Crippen LogP contribution in [0.1, 0.15) is 22.8 Å². The average Bonchev–Trinajstić information content (AvgIpc) is 2.72. The van der Waals surface area contributed by atoms with E-state index in [1.807, 2.05) is 60.7 Å². The first-order valence-corrected chi connectivity index (χ1v) is 9.86. The summed E-state index contributed by atoms with van der Waals surface area (Å²) in [5, 5.41) is 0. The second kappa shape index (κ2) is 9.33. The molecule has 0 aliphatic rings. The van der Waals surface area contributed by atoms with Gasteiger partial charge in [0.15, 0.2) is 5.78 Å².